The lowest BCUT2D eigenvalue weighted by atomic mass is 9.95. The van der Waals surface area contributed by atoms with Crippen molar-refractivity contribution in [2.45, 2.75) is 57.2 Å². The van der Waals surface area contributed by atoms with Gasteiger partial charge in [0.25, 0.3) is 0 Å². The molecule has 3 atom stereocenters. The maximum atomic E-state index is 10.3. The van der Waals surface area contributed by atoms with Gasteiger partial charge in [-0.3, -0.25) is 4.90 Å². The molecule has 0 saturated carbocycles. The molecule has 1 aromatic carbocycles. The fourth-order valence-electron chi connectivity index (χ4n) is 3.20. The Morgan fingerprint density at radius 3 is 2.71 bits per heavy atom. The lowest BCUT2D eigenvalue weighted by Crippen LogP contribution is -2.42. The average molecular weight is 355 g/mol. The number of benzene rings is 1. The Morgan fingerprint density at radius 1 is 1.33 bits per heavy atom. The van der Waals surface area contributed by atoms with E-state index in [0.717, 1.165) is 43.2 Å². The van der Waals surface area contributed by atoms with Crippen molar-refractivity contribution in [1.29, 1.82) is 0 Å². The molecule has 3 N–H and O–H groups in total. The zero-order valence-electron chi connectivity index (χ0n) is 13.1. The maximum Gasteiger partial charge on any atom is 0.0632 e. The van der Waals surface area contributed by atoms with Gasteiger partial charge in [0.15, 0.2) is 0 Å². The summed E-state index contributed by atoms with van der Waals surface area (Å²) in [7, 11) is 0. The Balaban J connectivity index is 2.26. The molecular weight excluding hydrogens is 328 g/mol. The van der Waals surface area contributed by atoms with E-state index in [1.807, 2.05) is 13.0 Å². The lowest BCUT2D eigenvalue weighted by Gasteiger charge is -2.35. The molecule has 1 aliphatic rings. The van der Waals surface area contributed by atoms with Crippen molar-refractivity contribution in [3.63, 3.8) is 0 Å². The molecule has 0 radical (unpaired) electrons. The minimum Gasteiger partial charge on any atom is -0.390 e. The largest absolute Gasteiger partial charge is 0.390 e. The number of rotatable bonds is 4. The second-order valence-electron chi connectivity index (χ2n) is 6.42. The van der Waals surface area contributed by atoms with Gasteiger partial charge in [0.1, 0.15) is 0 Å². The molecule has 0 aromatic heterocycles. The number of aliphatic hydroxyl groups is 1. The molecule has 1 aliphatic heterocycles. The molecule has 4 heteroatoms. The minimum atomic E-state index is -0.538. The van der Waals surface area contributed by atoms with E-state index in [1.165, 1.54) is 5.56 Å². The number of nitrogens with two attached hydrogens (primary N) is 1. The number of hydrogen-bond acceptors (Lipinski definition) is 3. The third-order valence-electron chi connectivity index (χ3n) is 4.59. The zero-order valence-corrected chi connectivity index (χ0v) is 14.6. The molecule has 0 amide bonds. The number of hydrogen-bond donors (Lipinski definition) is 2. The molecule has 1 heterocycles. The third-order valence-corrected chi connectivity index (χ3v) is 5.31. The van der Waals surface area contributed by atoms with E-state index in [-0.39, 0.29) is 12.1 Å². The van der Waals surface area contributed by atoms with Crippen molar-refractivity contribution in [2.75, 3.05) is 13.1 Å². The highest BCUT2D eigenvalue weighted by atomic mass is 79.9. The first-order valence-electron chi connectivity index (χ1n) is 7.91. The van der Waals surface area contributed by atoms with Gasteiger partial charge in [-0.1, -0.05) is 41.1 Å². The lowest BCUT2D eigenvalue weighted by molar-refractivity contribution is 0.0422. The van der Waals surface area contributed by atoms with E-state index in [1.54, 1.807) is 0 Å². The van der Waals surface area contributed by atoms with Crippen LogP contribution in [0.5, 0.6) is 0 Å². The van der Waals surface area contributed by atoms with E-state index < -0.39 is 5.60 Å². The zero-order chi connectivity index (χ0) is 15.5. The first-order chi connectivity index (χ1) is 9.94. The number of nitrogens with zero attached hydrogens (tertiary/aromatic N) is 1. The number of likely N-dealkylation sites (tertiary alicyclic amines) is 1. The SMILES string of the molecule is CCC(N)C(c1ccccc1Br)N1CCCC(C)(O)CC1. The van der Waals surface area contributed by atoms with Crippen LogP contribution >= 0.6 is 15.9 Å². The molecule has 0 aliphatic carbocycles. The summed E-state index contributed by atoms with van der Waals surface area (Å²) in [6.07, 6.45) is 3.64. The Kier molecular flexibility index (Phi) is 5.83. The van der Waals surface area contributed by atoms with Crippen LogP contribution in [0.2, 0.25) is 0 Å². The standard InChI is InChI=1S/C17H27BrN2O/c1-3-15(19)16(13-7-4-5-8-14(13)18)20-11-6-9-17(2,21)10-12-20/h4-5,7-8,15-16,21H,3,6,9-12,19H2,1-2H3. The topological polar surface area (TPSA) is 49.5 Å². The van der Waals surface area contributed by atoms with Gasteiger partial charge in [-0.05, 0) is 50.8 Å². The molecule has 3 unspecified atom stereocenters. The highest BCUT2D eigenvalue weighted by Crippen LogP contribution is 2.33. The normalized spacial score (nSPS) is 27.1. The van der Waals surface area contributed by atoms with Crippen LogP contribution in [-0.4, -0.2) is 34.7 Å². The van der Waals surface area contributed by atoms with Gasteiger partial charge in [0.2, 0.25) is 0 Å². The molecule has 0 spiro atoms. The summed E-state index contributed by atoms with van der Waals surface area (Å²) >= 11 is 3.67. The van der Waals surface area contributed by atoms with Crippen LogP contribution in [0.3, 0.4) is 0 Å². The molecule has 21 heavy (non-hydrogen) atoms. The highest BCUT2D eigenvalue weighted by molar-refractivity contribution is 9.10. The Morgan fingerprint density at radius 2 is 2.05 bits per heavy atom. The summed E-state index contributed by atoms with van der Waals surface area (Å²) < 4.78 is 1.12. The summed E-state index contributed by atoms with van der Waals surface area (Å²) in [6.45, 7) is 5.98. The van der Waals surface area contributed by atoms with Gasteiger partial charge in [-0.25, -0.2) is 0 Å². The van der Waals surface area contributed by atoms with Crippen molar-refractivity contribution in [2.24, 2.45) is 5.73 Å². The molecule has 1 fully saturated rings. The summed E-state index contributed by atoms with van der Waals surface area (Å²) in [6, 6.07) is 8.66. The fourth-order valence-corrected chi connectivity index (χ4v) is 3.72. The van der Waals surface area contributed by atoms with E-state index in [9.17, 15) is 5.11 Å². The Bertz CT molecular complexity index is 464. The summed E-state index contributed by atoms with van der Waals surface area (Å²) in [5.41, 5.74) is 7.16. The monoisotopic (exact) mass is 354 g/mol. The highest BCUT2D eigenvalue weighted by Gasteiger charge is 2.32. The van der Waals surface area contributed by atoms with Crippen LogP contribution in [-0.2, 0) is 0 Å². The first kappa shape index (κ1) is 16.9. The van der Waals surface area contributed by atoms with Crippen LogP contribution < -0.4 is 5.73 Å². The summed E-state index contributed by atoms with van der Waals surface area (Å²) in [5, 5.41) is 10.3. The maximum absolute atomic E-state index is 10.3. The van der Waals surface area contributed by atoms with Crippen molar-refractivity contribution >= 4 is 15.9 Å². The third kappa shape index (κ3) is 4.28. The van der Waals surface area contributed by atoms with Crippen LogP contribution in [0, 0.1) is 0 Å². The van der Waals surface area contributed by atoms with Gasteiger partial charge in [-0.15, -0.1) is 0 Å². The van der Waals surface area contributed by atoms with E-state index >= 15 is 0 Å². The quantitative estimate of drug-likeness (QED) is 0.870. The number of halogens is 1. The average Bonchev–Trinajstić information content (AvgIpc) is 2.62. The molecule has 0 bridgehead atoms. The fraction of sp³-hybridized carbons (Fsp3) is 0.647. The molecular formula is C17H27BrN2O. The predicted molar refractivity (Wildman–Crippen MR) is 91.2 cm³/mol. The second-order valence-corrected chi connectivity index (χ2v) is 7.28. The summed E-state index contributed by atoms with van der Waals surface area (Å²) in [5.74, 6) is 0. The minimum absolute atomic E-state index is 0.103. The van der Waals surface area contributed by atoms with E-state index in [4.69, 9.17) is 5.73 Å². The first-order valence-corrected chi connectivity index (χ1v) is 8.70. The predicted octanol–water partition coefficient (Wildman–Crippen LogP) is 3.46. The molecule has 2 rings (SSSR count). The van der Waals surface area contributed by atoms with Crippen LogP contribution in [0.25, 0.3) is 0 Å². The van der Waals surface area contributed by atoms with Crippen LogP contribution in [0.4, 0.5) is 0 Å². The Labute approximate surface area is 136 Å². The van der Waals surface area contributed by atoms with Crippen LogP contribution in [0.15, 0.2) is 28.7 Å². The van der Waals surface area contributed by atoms with Crippen molar-refractivity contribution in [3.05, 3.63) is 34.3 Å². The van der Waals surface area contributed by atoms with E-state index in [2.05, 4.69) is 46.0 Å². The smallest absolute Gasteiger partial charge is 0.0632 e. The van der Waals surface area contributed by atoms with Gasteiger partial charge in [0.05, 0.1) is 11.6 Å². The molecule has 1 aromatic rings. The molecule has 3 nitrogen and oxygen atoms in total. The van der Waals surface area contributed by atoms with Gasteiger partial charge >= 0.3 is 0 Å². The molecule has 1 saturated heterocycles. The van der Waals surface area contributed by atoms with Gasteiger partial charge in [-0.2, -0.15) is 0 Å². The Hall–Kier alpha value is -0.420. The van der Waals surface area contributed by atoms with Gasteiger partial charge < -0.3 is 10.8 Å². The van der Waals surface area contributed by atoms with E-state index in [0.29, 0.717) is 0 Å². The van der Waals surface area contributed by atoms with Gasteiger partial charge in [0, 0.05) is 17.1 Å². The summed E-state index contributed by atoms with van der Waals surface area (Å²) in [4.78, 5) is 2.45. The van der Waals surface area contributed by atoms with Crippen molar-refractivity contribution in [1.82, 2.24) is 4.90 Å². The van der Waals surface area contributed by atoms with Crippen LogP contribution in [0.1, 0.15) is 51.1 Å². The van der Waals surface area contributed by atoms with Crippen molar-refractivity contribution in [3.8, 4) is 0 Å². The van der Waals surface area contributed by atoms with Crippen molar-refractivity contribution < 1.29 is 5.11 Å². The second kappa shape index (κ2) is 7.23. The molecule has 118 valence electrons.